The molecule has 0 heterocycles. The van der Waals surface area contributed by atoms with Gasteiger partial charge in [0, 0.05) is 19.3 Å². The van der Waals surface area contributed by atoms with Crippen molar-refractivity contribution < 1.29 is 28.6 Å². The quantitative estimate of drug-likeness (QED) is 0.0279. The highest BCUT2D eigenvalue weighted by atomic mass is 16.6. The van der Waals surface area contributed by atoms with Gasteiger partial charge in [-0.3, -0.25) is 14.4 Å². The van der Waals surface area contributed by atoms with Crippen LogP contribution >= 0.6 is 0 Å². The number of carbonyl (C=O) groups is 3. The number of hydrogen-bond acceptors (Lipinski definition) is 6. The van der Waals surface area contributed by atoms with Crippen molar-refractivity contribution in [3.8, 4) is 0 Å². The highest BCUT2D eigenvalue weighted by Crippen LogP contribution is 2.14. The number of unbranched alkanes of at least 4 members (excludes halogenated alkanes) is 22. The van der Waals surface area contributed by atoms with E-state index in [0.29, 0.717) is 19.3 Å². The Morgan fingerprint density at radius 1 is 0.388 bits per heavy atom. The standard InChI is InChI=1S/C43H78O6/c1-4-7-10-13-16-19-21-22-25-27-30-33-36-42(45)48-39-40(38-47-41(44)35-32-29-26-23-18-15-12-9-6-3)49-43(46)37-34-31-28-24-20-17-14-11-8-5-2/h14,17,23,26,40H,4-13,15-16,18-22,24-25,27-39H2,1-3H3/b17-14-,26-23-. The van der Waals surface area contributed by atoms with E-state index in [4.69, 9.17) is 14.2 Å². The van der Waals surface area contributed by atoms with Crippen LogP contribution in [0.3, 0.4) is 0 Å². The zero-order valence-corrected chi connectivity index (χ0v) is 32.5. The van der Waals surface area contributed by atoms with Crippen LogP contribution in [-0.4, -0.2) is 37.2 Å². The summed E-state index contributed by atoms with van der Waals surface area (Å²) in [5.41, 5.74) is 0. The molecule has 0 fully saturated rings. The third kappa shape index (κ3) is 37.0. The first kappa shape index (κ1) is 46.9. The molecule has 6 heteroatoms. The summed E-state index contributed by atoms with van der Waals surface area (Å²) >= 11 is 0. The Morgan fingerprint density at radius 3 is 1.18 bits per heavy atom. The van der Waals surface area contributed by atoms with Gasteiger partial charge >= 0.3 is 17.9 Å². The topological polar surface area (TPSA) is 78.9 Å². The maximum Gasteiger partial charge on any atom is 0.306 e. The van der Waals surface area contributed by atoms with Crippen LogP contribution in [0.2, 0.25) is 0 Å². The van der Waals surface area contributed by atoms with Crippen LogP contribution in [0.1, 0.15) is 213 Å². The van der Waals surface area contributed by atoms with Crippen LogP contribution in [0.4, 0.5) is 0 Å². The molecule has 0 aliphatic carbocycles. The Morgan fingerprint density at radius 2 is 0.714 bits per heavy atom. The lowest BCUT2D eigenvalue weighted by Crippen LogP contribution is -2.30. The van der Waals surface area contributed by atoms with Crippen molar-refractivity contribution in [3.05, 3.63) is 24.3 Å². The van der Waals surface area contributed by atoms with Crippen LogP contribution in [0.15, 0.2) is 24.3 Å². The molecule has 0 saturated carbocycles. The maximum absolute atomic E-state index is 12.6. The number of allylic oxidation sites excluding steroid dienone is 4. The highest BCUT2D eigenvalue weighted by molar-refractivity contribution is 5.71. The van der Waals surface area contributed by atoms with Crippen molar-refractivity contribution >= 4 is 17.9 Å². The van der Waals surface area contributed by atoms with Crippen LogP contribution < -0.4 is 0 Å². The minimum atomic E-state index is -0.779. The zero-order valence-electron chi connectivity index (χ0n) is 32.5. The molecule has 49 heavy (non-hydrogen) atoms. The monoisotopic (exact) mass is 691 g/mol. The SMILES string of the molecule is CCCC/C=C\CCCCCCC(=O)OC(COC(=O)CCC/C=C\CCCCCC)COC(=O)CCCCCCCCCCCCCC. The summed E-state index contributed by atoms with van der Waals surface area (Å²) in [6.07, 6.45) is 40.3. The molecule has 0 spiro atoms. The molecule has 0 aromatic rings. The van der Waals surface area contributed by atoms with Crippen molar-refractivity contribution in [1.82, 2.24) is 0 Å². The molecular weight excluding hydrogens is 612 g/mol. The Labute approximate surface area is 303 Å². The minimum Gasteiger partial charge on any atom is -0.462 e. The van der Waals surface area contributed by atoms with Gasteiger partial charge in [-0.15, -0.1) is 0 Å². The molecule has 0 N–H and O–H groups in total. The largest absolute Gasteiger partial charge is 0.462 e. The van der Waals surface area contributed by atoms with Crippen molar-refractivity contribution in [2.45, 2.75) is 219 Å². The predicted octanol–water partition coefficient (Wildman–Crippen LogP) is 12.9. The van der Waals surface area contributed by atoms with E-state index in [9.17, 15) is 14.4 Å². The smallest absolute Gasteiger partial charge is 0.306 e. The van der Waals surface area contributed by atoms with Crippen molar-refractivity contribution in [2.24, 2.45) is 0 Å². The summed E-state index contributed by atoms with van der Waals surface area (Å²) in [5, 5.41) is 0. The van der Waals surface area contributed by atoms with E-state index >= 15 is 0 Å². The van der Waals surface area contributed by atoms with E-state index in [-0.39, 0.29) is 31.1 Å². The Bertz CT molecular complexity index is 804. The number of rotatable bonds is 37. The van der Waals surface area contributed by atoms with Gasteiger partial charge in [0.05, 0.1) is 0 Å². The van der Waals surface area contributed by atoms with Crippen LogP contribution in [0, 0.1) is 0 Å². The van der Waals surface area contributed by atoms with Gasteiger partial charge in [-0.2, -0.15) is 0 Å². The fourth-order valence-corrected chi connectivity index (χ4v) is 5.72. The molecule has 0 radical (unpaired) electrons. The fourth-order valence-electron chi connectivity index (χ4n) is 5.72. The molecule has 0 bridgehead atoms. The fraction of sp³-hybridized carbons (Fsp3) is 0.837. The lowest BCUT2D eigenvalue weighted by atomic mass is 10.0. The first-order valence-corrected chi connectivity index (χ1v) is 20.8. The number of esters is 3. The molecule has 0 saturated heterocycles. The second-order valence-electron chi connectivity index (χ2n) is 13.9. The molecule has 1 atom stereocenters. The molecular formula is C43H78O6. The maximum atomic E-state index is 12.6. The normalized spacial score (nSPS) is 12.1. The molecule has 0 aromatic heterocycles. The Kier molecular flexibility index (Phi) is 37.0. The third-order valence-corrected chi connectivity index (χ3v) is 8.93. The van der Waals surface area contributed by atoms with Crippen LogP contribution in [-0.2, 0) is 28.6 Å². The molecule has 0 aliphatic heterocycles. The van der Waals surface area contributed by atoms with Gasteiger partial charge in [0.25, 0.3) is 0 Å². The van der Waals surface area contributed by atoms with Gasteiger partial charge in [-0.25, -0.2) is 0 Å². The van der Waals surface area contributed by atoms with E-state index in [1.165, 1.54) is 96.3 Å². The van der Waals surface area contributed by atoms with E-state index in [1.54, 1.807) is 0 Å². The van der Waals surface area contributed by atoms with Gasteiger partial charge in [-0.05, 0) is 57.8 Å². The average Bonchev–Trinajstić information content (AvgIpc) is 3.10. The predicted molar refractivity (Wildman–Crippen MR) is 206 cm³/mol. The molecule has 286 valence electrons. The average molecular weight is 691 g/mol. The number of carbonyl (C=O) groups excluding carboxylic acids is 3. The summed E-state index contributed by atoms with van der Waals surface area (Å²) < 4.78 is 16.6. The van der Waals surface area contributed by atoms with Gasteiger partial charge in [0.15, 0.2) is 6.10 Å². The molecule has 0 amide bonds. The first-order valence-electron chi connectivity index (χ1n) is 20.8. The molecule has 0 aromatic carbocycles. The van der Waals surface area contributed by atoms with Gasteiger partial charge in [0.1, 0.15) is 13.2 Å². The summed E-state index contributed by atoms with van der Waals surface area (Å²) in [4.78, 5) is 37.4. The summed E-state index contributed by atoms with van der Waals surface area (Å²) in [6.45, 7) is 6.50. The second-order valence-corrected chi connectivity index (χ2v) is 13.9. The highest BCUT2D eigenvalue weighted by Gasteiger charge is 2.19. The first-order chi connectivity index (χ1) is 24.0. The Balaban J connectivity index is 4.39. The van der Waals surface area contributed by atoms with E-state index in [0.717, 1.165) is 77.0 Å². The zero-order chi connectivity index (χ0) is 35.9. The lowest BCUT2D eigenvalue weighted by molar-refractivity contribution is -0.167. The summed E-state index contributed by atoms with van der Waals surface area (Å²) in [7, 11) is 0. The molecule has 0 rings (SSSR count). The third-order valence-electron chi connectivity index (χ3n) is 8.93. The van der Waals surface area contributed by atoms with Crippen molar-refractivity contribution in [3.63, 3.8) is 0 Å². The van der Waals surface area contributed by atoms with E-state index in [2.05, 4.69) is 45.1 Å². The Hall–Kier alpha value is -2.11. The second kappa shape index (κ2) is 38.7. The molecule has 1 unspecified atom stereocenters. The molecule has 0 aliphatic rings. The number of hydrogen-bond donors (Lipinski definition) is 0. The van der Waals surface area contributed by atoms with Crippen molar-refractivity contribution in [1.29, 1.82) is 0 Å². The van der Waals surface area contributed by atoms with Crippen LogP contribution in [0.5, 0.6) is 0 Å². The number of ether oxygens (including phenoxy) is 3. The van der Waals surface area contributed by atoms with Gasteiger partial charge < -0.3 is 14.2 Å². The van der Waals surface area contributed by atoms with E-state index in [1.807, 2.05) is 0 Å². The van der Waals surface area contributed by atoms with Gasteiger partial charge in [0.2, 0.25) is 0 Å². The lowest BCUT2D eigenvalue weighted by Gasteiger charge is -2.18. The van der Waals surface area contributed by atoms with E-state index < -0.39 is 6.10 Å². The van der Waals surface area contributed by atoms with Gasteiger partial charge in [-0.1, -0.05) is 161 Å². The van der Waals surface area contributed by atoms with Crippen molar-refractivity contribution in [2.75, 3.05) is 13.2 Å². The minimum absolute atomic E-state index is 0.0821. The summed E-state index contributed by atoms with van der Waals surface area (Å²) in [6, 6.07) is 0. The summed E-state index contributed by atoms with van der Waals surface area (Å²) in [5.74, 6) is -0.935. The van der Waals surface area contributed by atoms with Crippen LogP contribution in [0.25, 0.3) is 0 Å². The molecule has 6 nitrogen and oxygen atoms in total.